The Kier molecular flexibility index (Phi) is 3.67. The van der Waals surface area contributed by atoms with Crippen LogP contribution in [0.5, 0.6) is 5.75 Å². The van der Waals surface area contributed by atoms with Gasteiger partial charge < -0.3 is 10.5 Å². The zero-order valence-electron chi connectivity index (χ0n) is 10.5. The average molecular weight is 256 g/mol. The first kappa shape index (κ1) is 12.9. The molecule has 0 heterocycles. The minimum absolute atomic E-state index is 0.0123. The fraction of sp³-hybridized carbons (Fsp3) is 0.133. The van der Waals surface area contributed by atoms with Gasteiger partial charge in [0, 0.05) is 5.56 Å². The van der Waals surface area contributed by atoms with Crippen molar-refractivity contribution in [2.75, 3.05) is 5.73 Å². The molecule has 96 valence electrons. The summed E-state index contributed by atoms with van der Waals surface area (Å²) >= 11 is 0. The highest BCUT2D eigenvalue weighted by Crippen LogP contribution is 2.24. The lowest BCUT2D eigenvalue weighted by atomic mass is 10.1. The van der Waals surface area contributed by atoms with Gasteiger partial charge in [-0.05, 0) is 30.7 Å². The zero-order chi connectivity index (χ0) is 13.8. The van der Waals surface area contributed by atoms with Crippen molar-refractivity contribution in [2.24, 2.45) is 0 Å². The Labute approximate surface area is 111 Å². The van der Waals surface area contributed by atoms with Gasteiger partial charge in [0.2, 0.25) is 0 Å². The molecule has 2 aromatic carbocycles. The van der Waals surface area contributed by atoms with Gasteiger partial charge in [0.05, 0.1) is 11.3 Å². The van der Waals surface area contributed by atoms with Crippen LogP contribution >= 0.6 is 0 Å². The van der Waals surface area contributed by atoms with Gasteiger partial charge >= 0.3 is 0 Å². The van der Waals surface area contributed by atoms with Crippen molar-refractivity contribution in [3.05, 3.63) is 58.9 Å². The predicted molar refractivity (Wildman–Crippen MR) is 71.0 cm³/mol. The van der Waals surface area contributed by atoms with E-state index in [4.69, 9.17) is 15.7 Å². The number of benzene rings is 2. The van der Waals surface area contributed by atoms with E-state index in [1.165, 1.54) is 6.07 Å². The molecule has 0 aliphatic rings. The van der Waals surface area contributed by atoms with Crippen molar-refractivity contribution < 1.29 is 9.13 Å². The number of ether oxygens (including phenoxy) is 1. The lowest BCUT2D eigenvalue weighted by Crippen LogP contribution is -2.02. The number of nitrogens with zero attached hydrogens (tertiary/aromatic N) is 1. The van der Waals surface area contributed by atoms with Gasteiger partial charge in [-0.1, -0.05) is 18.2 Å². The highest BCUT2D eigenvalue weighted by Gasteiger charge is 2.09. The summed E-state index contributed by atoms with van der Waals surface area (Å²) in [4.78, 5) is 0. The SMILES string of the molecule is Cc1ccc(N)c(OCc2cccc(C#N)c2F)c1. The first-order valence-electron chi connectivity index (χ1n) is 5.78. The number of rotatable bonds is 3. The lowest BCUT2D eigenvalue weighted by molar-refractivity contribution is 0.301. The van der Waals surface area contributed by atoms with E-state index in [1.807, 2.05) is 13.0 Å². The monoisotopic (exact) mass is 256 g/mol. The molecule has 2 aromatic rings. The Morgan fingerprint density at radius 2 is 2.11 bits per heavy atom. The van der Waals surface area contributed by atoms with Crippen molar-refractivity contribution >= 4 is 5.69 Å². The molecule has 0 saturated carbocycles. The van der Waals surface area contributed by atoms with Crippen molar-refractivity contribution in [3.8, 4) is 11.8 Å². The molecule has 0 radical (unpaired) electrons. The predicted octanol–water partition coefficient (Wildman–Crippen LogP) is 3.17. The second kappa shape index (κ2) is 5.40. The number of hydrogen-bond donors (Lipinski definition) is 1. The van der Waals surface area contributed by atoms with E-state index in [-0.39, 0.29) is 12.2 Å². The largest absolute Gasteiger partial charge is 0.487 e. The summed E-state index contributed by atoms with van der Waals surface area (Å²) < 4.78 is 19.3. The van der Waals surface area contributed by atoms with E-state index in [1.54, 1.807) is 30.3 Å². The summed E-state index contributed by atoms with van der Waals surface area (Å²) in [5, 5.41) is 8.76. The third kappa shape index (κ3) is 2.83. The highest BCUT2D eigenvalue weighted by atomic mass is 19.1. The second-order valence-corrected chi connectivity index (χ2v) is 4.22. The van der Waals surface area contributed by atoms with Crippen LogP contribution in [0.3, 0.4) is 0 Å². The summed E-state index contributed by atoms with van der Waals surface area (Å²) in [7, 11) is 0. The maximum Gasteiger partial charge on any atom is 0.147 e. The summed E-state index contributed by atoms with van der Waals surface area (Å²) in [5.74, 6) is -0.0296. The van der Waals surface area contributed by atoms with Crippen molar-refractivity contribution in [3.63, 3.8) is 0 Å². The van der Waals surface area contributed by atoms with Crippen LogP contribution in [0.4, 0.5) is 10.1 Å². The van der Waals surface area contributed by atoms with Crippen molar-refractivity contribution in [1.29, 1.82) is 5.26 Å². The van der Waals surface area contributed by atoms with Crippen molar-refractivity contribution in [2.45, 2.75) is 13.5 Å². The molecule has 0 bridgehead atoms. The fourth-order valence-corrected chi connectivity index (χ4v) is 1.70. The maximum atomic E-state index is 13.8. The molecule has 0 amide bonds. The lowest BCUT2D eigenvalue weighted by Gasteiger charge is -2.10. The number of hydrogen-bond acceptors (Lipinski definition) is 3. The van der Waals surface area contributed by atoms with E-state index in [2.05, 4.69) is 0 Å². The standard InChI is InChI=1S/C15H13FN2O/c1-10-5-6-13(18)14(7-10)19-9-12-4-2-3-11(8-17)15(12)16/h2-7H,9,18H2,1H3. The molecule has 0 fully saturated rings. The van der Waals surface area contributed by atoms with Gasteiger partial charge in [-0.2, -0.15) is 5.26 Å². The summed E-state index contributed by atoms with van der Waals surface area (Å²) in [6, 6.07) is 11.8. The molecule has 3 nitrogen and oxygen atoms in total. The molecule has 2 rings (SSSR count). The number of nitrogens with two attached hydrogens (primary N) is 1. The molecule has 2 N–H and O–H groups in total. The number of aryl methyl sites for hydroxylation is 1. The molecular weight excluding hydrogens is 243 g/mol. The number of anilines is 1. The smallest absolute Gasteiger partial charge is 0.147 e. The van der Waals surface area contributed by atoms with Crippen molar-refractivity contribution in [1.82, 2.24) is 0 Å². The van der Waals surface area contributed by atoms with Gasteiger partial charge in [0.1, 0.15) is 24.2 Å². The first-order valence-corrected chi connectivity index (χ1v) is 5.78. The van der Waals surface area contributed by atoms with E-state index < -0.39 is 5.82 Å². The Balaban J connectivity index is 2.20. The van der Waals surface area contributed by atoms with Crippen LogP contribution in [0.1, 0.15) is 16.7 Å². The molecule has 0 aromatic heterocycles. The first-order chi connectivity index (χ1) is 9.11. The third-order valence-electron chi connectivity index (χ3n) is 2.75. The summed E-state index contributed by atoms with van der Waals surface area (Å²) in [6.07, 6.45) is 0. The Morgan fingerprint density at radius 3 is 2.84 bits per heavy atom. The van der Waals surface area contributed by atoms with Crippen LogP contribution in [0.2, 0.25) is 0 Å². The Bertz CT molecular complexity index is 647. The fourth-order valence-electron chi connectivity index (χ4n) is 1.70. The van der Waals surface area contributed by atoms with E-state index >= 15 is 0 Å². The molecule has 0 aliphatic heterocycles. The van der Waals surface area contributed by atoms with E-state index in [0.717, 1.165) is 5.56 Å². The average Bonchev–Trinajstić information content (AvgIpc) is 2.41. The summed E-state index contributed by atoms with van der Waals surface area (Å²) in [6.45, 7) is 1.96. The van der Waals surface area contributed by atoms with Gasteiger partial charge in [-0.15, -0.1) is 0 Å². The zero-order valence-corrected chi connectivity index (χ0v) is 10.5. The Morgan fingerprint density at radius 1 is 1.32 bits per heavy atom. The van der Waals surface area contributed by atoms with Gasteiger partial charge in [0.15, 0.2) is 0 Å². The van der Waals surface area contributed by atoms with Crippen LogP contribution in [0.15, 0.2) is 36.4 Å². The molecule has 0 unspecified atom stereocenters. The van der Waals surface area contributed by atoms with E-state index in [9.17, 15) is 4.39 Å². The molecule has 0 atom stereocenters. The number of nitrogen functional groups attached to an aromatic ring is 1. The molecule has 0 aliphatic carbocycles. The minimum Gasteiger partial charge on any atom is -0.487 e. The normalized spacial score (nSPS) is 9.95. The topological polar surface area (TPSA) is 59.0 Å². The highest BCUT2D eigenvalue weighted by molar-refractivity contribution is 5.53. The van der Waals surface area contributed by atoms with Crippen LogP contribution in [-0.4, -0.2) is 0 Å². The molecule has 0 saturated heterocycles. The van der Waals surface area contributed by atoms with Gasteiger partial charge in [-0.3, -0.25) is 0 Å². The molecule has 19 heavy (non-hydrogen) atoms. The van der Waals surface area contributed by atoms with Gasteiger partial charge in [0.25, 0.3) is 0 Å². The van der Waals surface area contributed by atoms with Crippen LogP contribution in [-0.2, 0) is 6.61 Å². The van der Waals surface area contributed by atoms with Crippen LogP contribution in [0, 0.1) is 24.1 Å². The molecule has 4 heteroatoms. The number of nitriles is 1. The minimum atomic E-state index is -0.545. The van der Waals surface area contributed by atoms with Gasteiger partial charge in [-0.25, -0.2) is 4.39 Å². The summed E-state index contributed by atoms with van der Waals surface area (Å²) in [5.41, 5.74) is 7.63. The maximum absolute atomic E-state index is 13.8. The third-order valence-corrected chi connectivity index (χ3v) is 2.75. The molecular formula is C15H13FN2O. The Hall–Kier alpha value is -2.54. The molecule has 0 spiro atoms. The number of halogens is 1. The van der Waals surface area contributed by atoms with E-state index in [0.29, 0.717) is 17.0 Å². The quantitative estimate of drug-likeness (QED) is 0.858. The van der Waals surface area contributed by atoms with Crippen LogP contribution in [0.25, 0.3) is 0 Å². The van der Waals surface area contributed by atoms with Crippen LogP contribution < -0.4 is 10.5 Å². The second-order valence-electron chi connectivity index (χ2n) is 4.22.